The van der Waals surface area contributed by atoms with E-state index in [2.05, 4.69) is 16.9 Å². The molecule has 3 nitrogen and oxygen atoms in total. The van der Waals surface area contributed by atoms with Crippen molar-refractivity contribution in [2.75, 3.05) is 20.2 Å². The van der Waals surface area contributed by atoms with Gasteiger partial charge in [0.1, 0.15) is 6.61 Å². The Morgan fingerprint density at radius 1 is 1.47 bits per heavy atom. The number of piperidine rings is 1. The molecular weight excluding hydrogens is 188 g/mol. The molecule has 0 spiro atoms. The molecule has 0 aliphatic carbocycles. The van der Waals surface area contributed by atoms with Crippen LogP contribution in [0, 0.1) is 0 Å². The molecule has 2 heterocycles. The Labute approximate surface area is 91.1 Å². The van der Waals surface area contributed by atoms with E-state index in [0.29, 0.717) is 6.04 Å². The first-order valence-corrected chi connectivity index (χ1v) is 5.60. The molecule has 0 radical (unpaired) electrons. The molecule has 1 atom stereocenters. The Bertz CT molecular complexity index is 289. The lowest BCUT2D eigenvalue weighted by Gasteiger charge is -2.31. The van der Waals surface area contributed by atoms with Crippen LogP contribution in [0.15, 0.2) is 24.4 Å². The fraction of sp³-hybridized carbons (Fsp3) is 0.583. The number of likely N-dealkylation sites (tertiary alicyclic amines) is 1. The molecule has 15 heavy (non-hydrogen) atoms. The molecule has 0 aromatic carbocycles. The first-order chi connectivity index (χ1) is 7.36. The van der Waals surface area contributed by atoms with Gasteiger partial charge in [-0.3, -0.25) is 0 Å². The summed E-state index contributed by atoms with van der Waals surface area (Å²) in [5.74, 6) is 0.733. The Morgan fingerprint density at radius 2 is 2.40 bits per heavy atom. The van der Waals surface area contributed by atoms with Gasteiger partial charge in [-0.15, -0.1) is 0 Å². The smallest absolute Gasteiger partial charge is 0.213 e. The molecule has 1 fully saturated rings. The van der Waals surface area contributed by atoms with Crippen LogP contribution < -0.4 is 4.74 Å². The van der Waals surface area contributed by atoms with Crippen molar-refractivity contribution in [3.05, 3.63) is 24.4 Å². The van der Waals surface area contributed by atoms with Gasteiger partial charge in [-0.25, -0.2) is 4.98 Å². The standard InChI is InChI=1S/C12H18N2O/c1-14-9-5-3-6-11(14)10-15-12-7-2-4-8-13-12/h2,4,7-8,11H,3,5-6,9-10H2,1H3/t11-/m0/s1. The van der Waals surface area contributed by atoms with Crippen LogP contribution >= 0.6 is 0 Å². The van der Waals surface area contributed by atoms with Gasteiger partial charge in [-0.05, 0) is 32.5 Å². The van der Waals surface area contributed by atoms with E-state index >= 15 is 0 Å². The fourth-order valence-electron chi connectivity index (χ4n) is 1.97. The van der Waals surface area contributed by atoms with Crippen molar-refractivity contribution >= 4 is 0 Å². The topological polar surface area (TPSA) is 25.4 Å². The minimum Gasteiger partial charge on any atom is -0.476 e. The van der Waals surface area contributed by atoms with Crippen molar-refractivity contribution in [1.29, 1.82) is 0 Å². The van der Waals surface area contributed by atoms with Gasteiger partial charge in [-0.1, -0.05) is 12.5 Å². The fourth-order valence-corrected chi connectivity index (χ4v) is 1.97. The Balaban J connectivity index is 1.82. The quantitative estimate of drug-likeness (QED) is 0.755. The van der Waals surface area contributed by atoms with Crippen molar-refractivity contribution in [3.63, 3.8) is 0 Å². The van der Waals surface area contributed by atoms with Gasteiger partial charge >= 0.3 is 0 Å². The number of rotatable bonds is 3. The van der Waals surface area contributed by atoms with E-state index in [-0.39, 0.29) is 0 Å². The third-order valence-electron chi connectivity index (χ3n) is 2.98. The zero-order valence-corrected chi connectivity index (χ0v) is 9.22. The molecule has 2 rings (SSSR count). The second-order valence-corrected chi connectivity index (χ2v) is 4.11. The highest BCUT2D eigenvalue weighted by atomic mass is 16.5. The van der Waals surface area contributed by atoms with Crippen LogP contribution in [0.3, 0.4) is 0 Å². The Kier molecular flexibility index (Phi) is 3.56. The first kappa shape index (κ1) is 10.4. The van der Waals surface area contributed by atoms with Crippen molar-refractivity contribution < 1.29 is 4.74 Å². The zero-order valence-electron chi connectivity index (χ0n) is 9.22. The molecule has 0 bridgehead atoms. The van der Waals surface area contributed by atoms with Crippen LogP contribution in [0.5, 0.6) is 5.88 Å². The van der Waals surface area contributed by atoms with Gasteiger partial charge < -0.3 is 9.64 Å². The van der Waals surface area contributed by atoms with Gasteiger partial charge in [0.05, 0.1) is 0 Å². The van der Waals surface area contributed by atoms with E-state index < -0.39 is 0 Å². The van der Waals surface area contributed by atoms with Crippen LogP contribution in [0.2, 0.25) is 0 Å². The number of hydrogen-bond acceptors (Lipinski definition) is 3. The number of aromatic nitrogens is 1. The van der Waals surface area contributed by atoms with Gasteiger partial charge in [0.15, 0.2) is 0 Å². The van der Waals surface area contributed by atoms with E-state index in [4.69, 9.17) is 4.74 Å². The maximum Gasteiger partial charge on any atom is 0.213 e. The van der Waals surface area contributed by atoms with Crippen molar-refractivity contribution in [1.82, 2.24) is 9.88 Å². The third-order valence-corrected chi connectivity index (χ3v) is 2.98. The number of hydrogen-bond donors (Lipinski definition) is 0. The predicted octanol–water partition coefficient (Wildman–Crippen LogP) is 1.94. The second-order valence-electron chi connectivity index (χ2n) is 4.11. The lowest BCUT2D eigenvalue weighted by atomic mass is 10.0. The molecule has 0 saturated carbocycles. The van der Waals surface area contributed by atoms with Gasteiger partial charge in [0.25, 0.3) is 0 Å². The maximum absolute atomic E-state index is 5.66. The summed E-state index contributed by atoms with van der Waals surface area (Å²) < 4.78 is 5.66. The molecule has 1 saturated heterocycles. The molecule has 1 aliphatic heterocycles. The molecular formula is C12H18N2O. The van der Waals surface area contributed by atoms with Crippen molar-refractivity contribution in [2.45, 2.75) is 25.3 Å². The highest BCUT2D eigenvalue weighted by molar-refractivity contribution is 5.09. The summed E-state index contributed by atoms with van der Waals surface area (Å²) in [6.07, 6.45) is 5.64. The van der Waals surface area contributed by atoms with E-state index in [1.165, 1.54) is 25.8 Å². The van der Waals surface area contributed by atoms with E-state index in [1.807, 2.05) is 18.2 Å². The van der Waals surface area contributed by atoms with Crippen molar-refractivity contribution in [3.8, 4) is 5.88 Å². The predicted molar refractivity (Wildman–Crippen MR) is 60.0 cm³/mol. The normalized spacial score (nSPS) is 22.6. The van der Waals surface area contributed by atoms with Crippen molar-refractivity contribution in [2.24, 2.45) is 0 Å². The summed E-state index contributed by atoms with van der Waals surface area (Å²) in [5, 5.41) is 0. The molecule has 0 unspecified atom stereocenters. The average Bonchev–Trinajstić information content (AvgIpc) is 2.29. The van der Waals surface area contributed by atoms with E-state index in [1.54, 1.807) is 6.20 Å². The average molecular weight is 206 g/mol. The summed E-state index contributed by atoms with van der Waals surface area (Å²) in [6, 6.07) is 6.32. The van der Waals surface area contributed by atoms with Crippen LogP contribution in [0.4, 0.5) is 0 Å². The lowest BCUT2D eigenvalue weighted by Crippen LogP contribution is -2.40. The number of ether oxygens (including phenoxy) is 1. The largest absolute Gasteiger partial charge is 0.476 e. The van der Waals surface area contributed by atoms with Gasteiger partial charge in [-0.2, -0.15) is 0 Å². The van der Waals surface area contributed by atoms with E-state index in [9.17, 15) is 0 Å². The monoisotopic (exact) mass is 206 g/mol. The minimum atomic E-state index is 0.556. The van der Waals surface area contributed by atoms with Gasteiger partial charge in [0.2, 0.25) is 5.88 Å². The summed E-state index contributed by atoms with van der Waals surface area (Å²) >= 11 is 0. The molecule has 1 aromatic rings. The summed E-state index contributed by atoms with van der Waals surface area (Å²) in [5.41, 5.74) is 0. The maximum atomic E-state index is 5.66. The van der Waals surface area contributed by atoms with Crippen LogP contribution in [-0.4, -0.2) is 36.1 Å². The van der Waals surface area contributed by atoms with Gasteiger partial charge in [0, 0.05) is 18.3 Å². The van der Waals surface area contributed by atoms with Crippen LogP contribution in [-0.2, 0) is 0 Å². The van der Waals surface area contributed by atoms with E-state index in [0.717, 1.165) is 12.5 Å². The first-order valence-electron chi connectivity index (χ1n) is 5.60. The highest BCUT2D eigenvalue weighted by Gasteiger charge is 2.19. The molecule has 0 N–H and O–H groups in total. The van der Waals surface area contributed by atoms with Crippen LogP contribution in [0.25, 0.3) is 0 Å². The molecule has 1 aromatic heterocycles. The number of pyridine rings is 1. The molecule has 1 aliphatic rings. The highest BCUT2D eigenvalue weighted by Crippen LogP contribution is 2.16. The minimum absolute atomic E-state index is 0.556. The second kappa shape index (κ2) is 5.12. The molecule has 82 valence electrons. The number of nitrogens with zero attached hydrogens (tertiary/aromatic N) is 2. The Hall–Kier alpha value is -1.09. The zero-order chi connectivity index (χ0) is 10.5. The third kappa shape index (κ3) is 2.93. The van der Waals surface area contributed by atoms with Crippen LogP contribution in [0.1, 0.15) is 19.3 Å². The summed E-state index contributed by atoms with van der Waals surface area (Å²) in [6.45, 7) is 1.95. The lowest BCUT2D eigenvalue weighted by molar-refractivity contribution is 0.122. The Morgan fingerprint density at radius 3 is 3.13 bits per heavy atom. The SMILES string of the molecule is CN1CCCC[C@H]1COc1ccccn1. The molecule has 3 heteroatoms. The molecule has 0 amide bonds. The number of likely N-dealkylation sites (N-methyl/N-ethyl adjacent to an activating group) is 1. The summed E-state index contributed by atoms with van der Waals surface area (Å²) in [4.78, 5) is 6.53. The summed E-state index contributed by atoms with van der Waals surface area (Å²) in [7, 11) is 2.17.